The summed E-state index contributed by atoms with van der Waals surface area (Å²) in [5, 5.41) is 0. The lowest BCUT2D eigenvalue weighted by atomic mass is 10.5. The van der Waals surface area contributed by atoms with E-state index in [0.29, 0.717) is 4.77 Å². The molecule has 0 amide bonds. The highest BCUT2D eigenvalue weighted by Crippen LogP contribution is 2.35. The van der Waals surface area contributed by atoms with E-state index < -0.39 is 8.50 Å². The highest BCUT2D eigenvalue weighted by Gasteiger charge is 2.27. The second-order valence-corrected chi connectivity index (χ2v) is 6.68. The van der Waals surface area contributed by atoms with Crippen molar-refractivity contribution in [3.63, 3.8) is 0 Å². The van der Waals surface area contributed by atoms with Gasteiger partial charge in [0.05, 0.1) is 0 Å². The van der Waals surface area contributed by atoms with Gasteiger partial charge in [-0.1, -0.05) is 34.8 Å². The van der Waals surface area contributed by atoms with Crippen molar-refractivity contribution in [2.75, 3.05) is 0 Å². The Balaban J connectivity index is 0.000000293. The number of halogens is 4. The zero-order valence-corrected chi connectivity index (χ0v) is 12.7. The van der Waals surface area contributed by atoms with Crippen molar-refractivity contribution < 1.29 is 0 Å². The SMILES string of the molecule is Cc1cc(=O)[nH]c(=S)[nH]1.SC(Cl)C(Cl)(Cl)Cl. The van der Waals surface area contributed by atoms with E-state index in [1.807, 2.05) is 0 Å². The van der Waals surface area contributed by atoms with E-state index in [4.69, 9.17) is 46.4 Å². The summed E-state index contributed by atoms with van der Waals surface area (Å²) in [5.74, 6) is 0. The zero-order valence-electron chi connectivity index (χ0n) is 7.93. The summed E-state index contributed by atoms with van der Waals surface area (Å²) in [5.41, 5.74) is 0.625. The first-order valence-electron chi connectivity index (χ1n) is 3.82. The lowest BCUT2D eigenvalue weighted by Crippen LogP contribution is -2.11. The van der Waals surface area contributed by atoms with E-state index in [9.17, 15) is 4.79 Å². The molecule has 0 spiro atoms. The Kier molecular flexibility index (Phi) is 7.41. The molecule has 1 rings (SSSR count). The fourth-order valence-electron chi connectivity index (χ4n) is 0.591. The molecule has 2 N–H and O–H groups in total. The van der Waals surface area contributed by atoms with Gasteiger partial charge < -0.3 is 4.98 Å². The Bertz CT molecular complexity index is 409. The van der Waals surface area contributed by atoms with Crippen molar-refractivity contribution in [1.82, 2.24) is 9.97 Å². The number of thiol groups is 1. The third kappa shape index (κ3) is 7.81. The van der Waals surface area contributed by atoms with E-state index in [1.54, 1.807) is 6.92 Å². The first kappa shape index (κ1) is 16.6. The standard InChI is InChI=1S/C5H6N2OS.C2H2Cl4S/c1-3-2-4(8)7-5(9)6-3;3-1(7)2(4,5)6/h2H,1H3,(H2,6,7,8,9);1,7H. The van der Waals surface area contributed by atoms with Gasteiger partial charge in [-0.05, 0) is 19.1 Å². The molecule has 1 atom stereocenters. The fraction of sp³-hybridized carbons (Fsp3) is 0.429. The average molecular weight is 342 g/mol. The van der Waals surface area contributed by atoms with Gasteiger partial charge in [-0.25, -0.2) is 0 Å². The summed E-state index contributed by atoms with van der Waals surface area (Å²) in [6.45, 7) is 1.78. The molecule has 0 saturated heterocycles. The van der Waals surface area contributed by atoms with E-state index in [0.717, 1.165) is 5.69 Å². The highest BCUT2D eigenvalue weighted by molar-refractivity contribution is 7.82. The maximum absolute atomic E-state index is 10.6. The number of aryl methyl sites for hydroxylation is 1. The summed E-state index contributed by atoms with van der Waals surface area (Å²) < 4.78 is -1.82. The Labute approximate surface area is 123 Å². The van der Waals surface area contributed by atoms with Crippen LogP contribution in [0, 0.1) is 11.7 Å². The zero-order chi connectivity index (χ0) is 12.9. The lowest BCUT2D eigenvalue weighted by molar-refractivity contribution is 1.04. The molecule has 0 aliphatic heterocycles. The van der Waals surface area contributed by atoms with Crippen LogP contribution in [0.2, 0.25) is 0 Å². The van der Waals surface area contributed by atoms with E-state index in [2.05, 4.69) is 34.8 Å². The molecule has 92 valence electrons. The largest absolute Gasteiger partial charge is 0.336 e. The Morgan fingerprint density at radius 3 is 2.12 bits per heavy atom. The minimum atomic E-state index is -1.45. The molecule has 0 aromatic carbocycles. The minimum Gasteiger partial charge on any atom is -0.336 e. The summed E-state index contributed by atoms with van der Waals surface area (Å²) in [4.78, 5) is 15.8. The van der Waals surface area contributed by atoms with Crippen molar-refractivity contribution >= 4 is 71.3 Å². The summed E-state index contributed by atoms with van der Waals surface area (Å²) in [6.07, 6.45) is 0. The van der Waals surface area contributed by atoms with Crippen LogP contribution >= 0.6 is 71.3 Å². The molecule has 0 radical (unpaired) electrons. The summed E-state index contributed by atoms with van der Waals surface area (Å²) in [6, 6.07) is 1.45. The van der Waals surface area contributed by atoms with Crippen molar-refractivity contribution in [1.29, 1.82) is 0 Å². The Morgan fingerprint density at radius 1 is 1.44 bits per heavy atom. The molecule has 0 fully saturated rings. The molecule has 3 nitrogen and oxygen atoms in total. The van der Waals surface area contributed by atoms with Gasteiger partial charge in [-0.2, -0.15) is 12.6 Å². The van der Waals surface area contributed by atoms with Gasteiger partial charge in [0, 0.05) is 11.8 Å². The average Bonchev–Trinajstić information content (AvgIpc) is 1.99. The van der Waals surface area contributed by atoms with Crippen molar-refractivity contribution in [3.8, 4) is 0 Å². The number of aromatic nitrogens is 2. The minimum absolute atomic E-state index is 0.156. The Hall–Kier alpha value is 0.610. The molecule has 1 aromatic heterocycles. The molecule has 0 bridgehead atoms. The van der Waals surface area contributed by atoms with Crippen LogP contribution in [0.5, 0.6) is 0 Å². The van der Waals surface area contributed by atoms with Crippen LogP contribution < -0.4 is 5.56 Å². The molecular formula is C7H8Cl4N2OS2. The van der Waals surface area contributed by atoms with Crippen LogP contribution in [-0.4, -0.2) is 18.5 Å². The van der Waals surface area contributed by atoms with E-state index >= 15 is 0 Å². The van der Waals surface area contributed by atoms with Crippen LogP contribution in [-0.2, 0) is 0 Å². The van der Waals surface area contributed by atoms with Crippen LogP contribution in [0.25, 0.3) is 0 Å². The van der Waals surface area contributed by atoms with Gasteiger partial charge in [0.25, 0.3) is 5.56 Å². The highest BCUT2D eigenvalue weighted by atomic mass is 35.6. The van der Waals surface area contributed by atoms with Gasteiger partial charge in [0.1, 0.15) is 4.71 Å². The first-order valence-corrected chi connectivity index (χ1v) is 6.31. The van der Waals surface area contributed by atoms with Crippen LogP contribution in [0.4, 0.5) is 0 Å². The Morgan fingerprint density at radius 2 is 1.88 bits per heavy atom. The number of rotatable bonds is 0. The molecule has 16 heavy (non-hydrogen) atoms. The van der Waals surface area contributed by atoms with Crippen LogP contribution in [0.1, 0.15) is 5.69 Å². The lowest BCUT2D eigenvalue weighted by Gasteiger charge is -2.10. The number of hydrogen-bond donors (Lipinski definition) is 3. The third-order valence-corrected chi connectivity index (χ3v) is 3.53. The van der Waals surface area contributed by atoms with Crippen molar-refractivity contribution in [2.24, 2.45) is 0 Å². The van der Waals surface area contributed by atoms with E-state index in [-0.39, 0.29) is 5.56 Å². The van der Waals surface area contributed by atoms with Gasteiger partial charge in [-0.15, -0.1) is 11.6 Å². The first-order chi connectivity index (χ1) is 7.12. The predicted molar refractivity (Wildman–Crippen MR) is 75.9 cm³/mol. The van der Waals surface area contributed by atoms with Gasteiger partial charge >= 0.3 is 0 Å². The molecule has 1 unspecified atom stereocenters. The van der Waals surface area contributed by atoms with Gasteiger partial charge in [0.15, 0.2) is 4.77 Å². The number of nitrogens with one attached hydrogen (secondary N) is 2. The molecule has 1 aromatic rings. The predicted octanol–water partition coefficient (Wildman–Crippen LogP) is 3.59. The summed E-state index contributed by atoms with van der Waals surface area (Å²) in [7, 11) is 0. The number of hydrogen-bond acceptors (Lipinski definition) is 3. The van der Waals surface area contributed by atoms with Gasteiger partial charge in [-0.3, -0.25) is 9.78 Å². The van der Waals surface area contributed by atoms with Crippen molar-refractivity contribution in [2.45, 2.75) is 15.4 Å². The van der Waals surface area contributed by atoms with Gasteiger partial charge in [0.2, 0.25) is 3.79 Å². The fourth-order valence-corrected chi connectivity index (χ4v) is 0.853. The molecule has 9 heteroatoms. The maximum atomic E-state index is 10.6. The quantitative estimate of drug-likeness (QED) is 0.383. The molecule has 1 heterocycles. The molecule has 0 aliphatic carbocycles. The monoisotopic (exact) mass is 340 g/mol. The molecular weight excluding hydrogens is 334 g/mol. The number of aromatic amines is 2. The number of H-pyrrole nitrogens is 2. The third-order valence-electron chi connectivity index (χ3n) is 1.17. The number of alkyl halides is 4. The second kappa shape index (κ2) is 7.13. The molecule has 0 aliphatic rings. The van der Waals surface area contributed by atoms with Crippen LogP contribution in [0.15, 0.2) is 10.9 Å². The van der Waals surface area contributed by atoms with Crippen molar-refractivity contribution in [3.05, 3.63) is 26.9 Å². The second-order valence-electron chi connectivity index (χ2n) is 2.65. The topological polar surface area (TPSA) is 48.6 Å². The summed E-state index contributed by atoms with van der Waals surface area (Å²) >= 11 is 29.1. The smallest absolute Gasteiger partial charge is 0.251 e. The van der Waals surface area contributed by atoms with E-state index in [1.165, 1.54) is 6.07 Å². The van der Waals surface area contributed by atoms with Crippen LogP contribution in [0.3, 0.4) is 0 Å². The normalized spacial score (nSPS) is 12.6. The maximum Gasteiger partial charge on any atom is 0.251 e. The molecule has 0 saturated carbocycles.